The summed E-state index contributed by atoms with van der Waals surface area (Å²) in [6, 6.07) is 5.97. The summed E-state index contributed by atoms with van der Waals surface area (Å²) in [5, 5.41) is 2.75. The van der Waals surface area contributed by atoms with Crippen molar-refractivity contribution in [3.8, 4) is 5.75 Å². The Labute approximate surface area is 159 Å². The van der Waals surface area contributed by atoms with Gasteiger partial charge in [-0.25, -0.2) is 9.18 Å². The molecule has 1 heterocycles. The normalized spacial score (nSPS) is 15.3. The number of halogens is 1. The van der Waals surface area contributed by atoms with Crippen molar-refractivity contribution in [3.63, 3.8) is 0 Å². The van der Waals surface area contributed by atoms with Crippen LogP contribution >= 0.6 is 0 Å². The van der Waals surface area contributed by atoms with Crippen LogP contribution in [0.3, 0.4) is 0 Å². The van der Waals surface area contributed by atoms with E-state index in [-0.39, 0.29) is 24.4 Å². The highest BCUT2D eigenvalue weighted by molar-refractivity contribution is 5.77. The molecule has 1 aliphatic heterocycles. The maximum Gasteiger partial charge on any atom is 0.410 e. The molecule has 2 rings (SSSR count). The van der Waals surface area contributed by atoms with Crippen LogP contribution < -0.4 is 10.1 Å². The summed E-state index contributed by atoms with van der Waals surface area (Å²) in [6.07, 6.45) is -0.291. The third kappa shape index (κ3) is 7.42. The van der Waals surface area contributed by atoms with Crippen molar-refractivity contribution in [2.45, 2.75) is 26.4 Å². The smallest absolute Gasteiger partial charge is 0.410 e. The van der Waals surface area contributed by atoms with Crippen LogP contribution in [-0.2, 0) is 9.53 Å². The van der Waals surface area contributed by atoms with Crippen molar-refractivity contribution in [1.29, 1.82) is 0 Å². The minimum atomic E-state index is -0.497. The SMILES string of the molecule is CC(C)(C)OC(=O)N1CCN(CCNC(=O)COc2ccccc2F)CC1. The number of nitrogens with one attached hydrogen (secondary N) is 1. The number of rotatable bonds is 6. The van der Waals surface area contributed by atoms with Crippen molar-refractivity contribution in [1.82, 2.24) is 15.1 Å². The molecule has 0 radical (unpaired) electrons. The molecule has 150 valence electrons. The van der Waals surface area contributed by atoms with Gasteiger partial charge in [0.05, 0.1) is 0 Å². The van der Waals surface area contributed by atoms with Gasteiger partial charge < -0.3 is 19.7 Å². The molecule has 0 unspecified atom stereocenters. The third-order valence-corrected chi connectivity index (χ3v) is 3.97. The second-order valence-corrected chi connectivity index (χ2v) is 7.38. The molecule has 1 fully saturated rings. The Morgan fingerprint density at radius 2 is 1.81 bits per heavy atom. The van der Waals surface area contributed by atoms with Crippen LogP contribution in [-0.4, -0.2) is 73.3 Å². The first kappa shape index (κ1) is 21.0. The monoisotopic (exact) mass is 381 g/mol. The number of carbonyl (C=O) groups excluding carboxylic acids is 2. The quantitative estimate of drug-likeness (QED) is 0.815. The second kappa shape index (κ2) is 9.55. The van der Waals surface area contributed by atoms with E-state index in [1.54, 1.807) is 17.0 Å². The van der Waals surface area contributed by atoms with Crippen LogP contribution in [0.5, 0.6) is 5.75 Å². The van der Waals surface area contributed by atoms with E-state index in [2.05, 4.69) is 10.2 Å². The van der Waals surface area contributed by atoms with Gasteiger partial charge >= 0.3 is 6.09 Å². The lowest BCUT2D eigenvalue weighted by atomic mass is 10.2. The number of benzene rings is 1. The number of carbonyl (C=O) groups is 2. The van der Waals surface area contributed by atoms with Gasteiger partial charge in [-0.05, 0) is 32.9 Å². The van der Waals surface area contributed by atoms with Crippen LogP contribution in [0.4, 0.5) is 9.18 Å². The Hall–Kier alpha value is -2.35. The molecule has 27 heavy (non-hydrogen) atoms. The van der Waals surface area contributed by atoms with E-state index >= 15 is 0 Å². The van der Waals surface area contributed by atoms with Crippen molar-refractivity contribution >= 4 is 12.0 Å². The zero-order valence-corrected chi connectivity index (χ0v) is 16.2. The summed E-state index contributed by atoms with van der Waals surface area (Å²) in [5.74, 6) is -0.732. The molecule has 7 nitrogen and oxygen atoms in total. The van der Waals surface area contributed by atoms with E-state index in [4.69, 9.17) is 9.47 Å². The molecule has 1 saturated heterocycles. The molecule has 0 spiro atoms. The lowest BCUT2D eigenvalue weighted by Crippen LogP contribution is -2.51. The first-order valence-corrected chi connectivity index (χ1v) is 9.09. The fourth-order valence-corrected chi connectivity index (χ4v) is 2.59. The molecule has 0 aromatic heterocycles. The van der Waals surface area contributed by atoms with E-state index in [0.29, 0.717) is 26.2 Å². The van der Waals surface area contributed by atoms with Crippen LogP contribution in [0.25, 0.3) is 0 Å². The van der Waals surface area contributed by atoms with Crippen molar-refractivity contribution in [2.75, 3.05) is 45.9 Å². The summed E-state index contributed by atoms with van der Waals surface area (Å²) >= 11 is 0. The fraction of sp³-hybridized carbons (Fsp3) is 0.579. The molecule has 8 heteroatoms. The molecule has 1 aromatic rings. The highest BCUT2D eigenvalue weighted by atomic mass is 19.1. The molecular formula is C19H28FN3O4. The predicted octanol–water partition coefficient (Wildman–Crippen LogP) is 1.87. The molecule has 2 amide bonds. The standard InChI is InChI=1S/C19H28FN3O4/c1-19(2,3)27-18(25)23-12-10-22(11-13-23)9-8-21-17(24)14-26-16-7-5-4-6-15(16)20/h4-7H,8-14H2,1-3H3,(H,21,24). The number of hydrogen-bond donors (Lipinski definition) is 1. The molecule has 0 atom stereocenters. The fourth-order valence-electron chi connectivity index (χ4n) is 2.59. The number of piperazine rings is 1. The van der Waals surface area contributed by atoms with Crippen molar-refractivity contribution in [3.05, 3.63) is 30.1 Å². The maximum atomic E-state index is 13.4. The Balaban J connectivity index is 1.61. The molecule has 0 saturated carbocycles. The van der Waals surface area contributed by atoms with E-state index in [9.17, 15) is 14.0 Å². The van der Waals surface area contributed by atoms with Gasteiger partial charge in [0.2, 0.25) is 0 Å². The molecule has 0 aliphatic carbocycles. The summed E-state index contributed by atoms with van der Waals surface area (Å²) < 4.78 is 23.9. The number of ether oxygens (including phenoxy) is 2. The second-order valence-electron chi connectivity index (χ2n) is 7.38. The predicted molar refractivity (Wildman–Crippen MR) is 99.2 cm³/mol. The summed E-state index contributed by atoms with van der Waals surface area (Å²) in [4.78, 5) is 27.7. The highest BCUT2D eigenvalue weighted by Gasteiger charge is 2.25. The van der Waals surface area contributed by atoms with Crippen LogP contribution in [0, 0.1) is 5.82 Å². The zero-order chi connectivity index (χ0) is 19.9. The number of hydrogen-bond acceptors (Lipinski definition) is 5. The van der Waals surface area contributed by atoms with Crippen LogP contribution in [0.2, 0.25) is 0 Å². The Morgan fingerprint density at radius 3 is 2.44 bits per heavy atom. The van der Waals surface area contributed by atoms with Crippen LogP contribution in [0.15, 0.2) is 24.3 Å². The average Bonchev–Trinajstić information content (AvgIpc) is 2.60. The van der Waals surface area contributed by atoms with Crippen molar-refractivity contribution in [2.24, 2.45) is 0 Å². The molecule has 1 aromatic carbocycles. The lowest BCUT2D eigenvalue weighted by molar-refractivity contribution is -0.123. The van der Waals surface area contributed by atoms with E-state index in [0.717, 1.165) is 13.1 Å². The molecular weight excluding hydrogens is 353 g/mol. The first-order valence-electron chi connectivity index (χ1n) is 9.09. The summed E-state index contributed by atoms with van der Waals surface area (Å²) in [5.41, 5.74) is -0.497. The Bertz CT molecular complexity index is 640. The topological polar surface area (TPSA) is 71.1 Å². The van der Waals surface area contributed by atoms with Gasteiger partial charge in [-0.1, -0.05) is 12.1 Å². The van der Waals surface area contributed by atoms with Gasteiger partial charge in [0.15, 0.2) is 18.2 Å². The molecule has 1 aliphatic rings. The van der Waals surface area contributed by atoms with Gasteiger partial charge in [0.25, 0.3) is 5.91 Å². The van der Waals surface area contributed by atoms with Crippen molar-refractivity contribution < 1.29 is 23.5 Å². The van der Waals surface area contributed by atoms with Gasteiger partial charge in [-0.2, -0.15) is 0 Å². The maximum absolute atomic E-state index is 13.4. The number of para-hydroxylation sites is 1. The van der Waals surface area contributed by atoms with E-state index in [1.165, 1.54) is 12.1 Å². The molecule has 0 bridgehead atoms. The Morgan fingerprint density at radius 1 is 1.15 bits per heavy atom. The number of nitrogens with zero attached hydrogens (tertiary/aromatic N) is 2. The van der Waals surface area contributed by atoms with Gasteiger partial charge in [-0.3, -0.25) is 9.69 Å². The summed E-state index contributed by atoms with van der Waals surface area (Å²) in [7, 11) is 0. The zero-order valence-electron chi connectivity index (χ0n) is 16.2. The van der Waals surface area contributed by atoms with E-state index < -0.39 is 11.4 Å². The van der Waals surface area contributed by atoms with Gasteiger partial charge in [-0.15, -0.1) is 0 Å². The minimum Gasteiger partial charge on any atom is -0.481 e. The average molecular weight is 381 g/mol. The Kier molecular flexibility index (Phi) is 7.41. The number of amides is 2. The van der Waals surface area contributed by atoms with E-state index in [1.807, 2.05) is 20.8 Å². The first-order chi connectivity index (χ1) is 12.7. The highest BCUT2D eigenvalue weighted by Crippen LogP contribution is 2.15. The van der Waals surface area contributed by atoms with Gasteiger partial charge in [0, 0.05) is 39.3 Å². The third-order valence-electron chi connectivity index (χ3n) is 3.97. The minimum absolute atomic E-state index is 0.0610. The largest absolute Gasteiger partial charge is 0.481 e. The van der Waals surface area contributed by atoms with Gasteiger partial charge in [0.1, 0.15) is 5.60 Å². The lowest BCUT2D eigenvalue weighted by Gasteiger charge is -2.35. The summed E-state index contributed by atoms with van der Waals surface area (Å²) in [6.45, 7) is 9.09. The van der Waals surface area contributed by atoms with Crippen LogP contribution in [0.1, 0.15) is 20.8 Å². The molecule has 1 N–H and O–H groups in total.